The van der Waals surface area contributed by atoms with E-state index in [1.54, 1.807) is 13.0 Å². The largest absolute Gasteiger partial charge is 0.494 e. The number of aromatic nitrogens is 1. The third-order valence-electron chi connectivity index (χ3n) is 3.35. The number of carbonyl (C=O) groups excluding carboxylic acids is 1. The first kappa shape index (κ1) is 15.8. The molecule has 1 heterocycles. The van der Waals surface area contributed by atoms with Crippen molar-refractivity contribution >= 4 is 11.7 Å². The van der Waals surface area contributed by atoms with Crippen LogP contribution >= 0.6 is 0 Å². The Kier molecular flexibility index (Phi) is 5.36. The zero-order chi connectivity index (χ0) is 15.9. The molecule has 116 valence electrons. The molecule has 1 aromatic carbocycles. The predicted molar refractivity (Wildman–Crippen MR) is 84.7 cm³/mol. The quantitative estimate of drug-likeness (QED) is 0.830. The Morgan fingerprint density at radius 2 is 2.05 bits per heavy atom. The van der Waals surface area contributed by atoms with E-state index >= 15 is 0 Å². The zero-order valence-electron chi connectivity index (χ0n) is 12.8. The van der Waals surface area contributed by atoms with Gasteiger partial charge in [-0.05, 0) is 18.9 Å². The summed E-state index contributed by atoms with van der Waals surface area (Å²) in [6, 6.07) is 11.5. The monoisotopic (exact) mass is 300 g/mol. The predicted octanol–water partition coefficient (Wildman–Crippen LogP) is 2.56. The highest BCUT2D eigenvalue weighted by molar-refractivity contribution is 5.78. The second-order valence-corrected chi connectivity index (χ2v) is 4.85. The van der Waals surface area contributed by atoms with Gasteiger partial charge in [0.2, 0.25) is 0 Å². The normalized spacial score (nSPS) is 11.7. The van der Waals surface area contributed by atoms with Crippen molar-refractivity contribution in [2.24, 2.45) is 0 Å². The third-order valence-corrected chi connectivity index (χ3v) is 3.35. The van der Waals surface area contributed by atoms with Crippen LogP contribution in [0.2, 0.25) is 0 Å². The number of rotatable bonds is 6. The van der Waals surface area contributed by atoms with Crippen molar-refractivity contribution in [1.29, 1.82) is 0 Å². The van der Waals surface area contributed by atoms with E-state index in [0.717, 1.165) is 5.56 Å². The van der Waals surface area contributed by atoms with E-state index in [9.17, 15) is 4.79 Å². The molecule has 0 aliphatic carbocycles. The maximum atomic E-state index is 12.3. The molecule has 0 saturated carbocycles. The van der Waals surface area contributed by atoms with Crippen LogP contribution in [-0.2, 0) is 16.0 Å². The molecule has 0 aliphatic heterocycles. The molecule has 0 aliphatic rings. The van der Waals surface area contributed by atoms with E-state index in [1.807, 2.05) is 30.3 Å². The summed E-state index contributed by atoms with van der Waals surface area (Å²) in [6.07, 6.45) is 2.02. The fraction of sp³-hybridized carbons (Fsp3) is 0.294. The van der Waals surface area contributed by atoms with Gasteiger partial charge in [-0.25, -0.2) is 0 Å². The highest BCUT2D eigenvalue weighted by atomic mass is 16.5. The Hall–Kier alpha value is -2.56. The summed E-state index contributed by atoms with van der Waals surface area (Å²) in [4.78, 5) is 16.6. The summed E-state index contributed by atoms with van der Waals surface area (Å²) in [5.74, 6) is -0.283. The number of methoxy groups -OCH3 is 1. The molecule has 2 rings (SSSR count). The van der Waals surface area contributed by atoms with Crippen molar-refractivity contribution in [1.82, 2.24) is 4.98 Å². The second-order valence-electron chi connectivity index (χ2n) is 4.85. The van der Waals surface area contributed by atoms with Gasteiger partial charge in [-0.15, -0.1) is 0 Å². The summed E-state index contributed by atoms with van der Waals surface area (Å²) in [7, 11) is 1.53. The van der Waals surface area contributed by atoms with Crippen LogP contribution in [0.3, 0.4) is 0 Å². The minimum Gasteiger partial charge on any atom is -0.494 e. The molecular weight excluding hydrogens is 280 g/mol. The van der Waals surface area contributed by atoms with Crippen molar-refractivity contribution in [3.63, 3.8) is 0 Å². The Morgan fingerprint density at radius 1 is 1.32 bits per heavy atom. The van der Waals surface area contributed by atoms with Crippen LogP contribution in [0.1, 0.15) is 24.1 Å². The number of nitrogens with zero attached hydrogens (tertiary/aromatic N) is 1. The van der Waals surface area contributed by atoms with E-state index in [1.165, 1.54) is 13.3 Å². The lowest BCUT2D eigenvalue weighted by Gasteiger charge is -2.16. The fourth-order valence-corrected chi connectivity index (χ4v) is 2.23. The van der Waals surface area contributed by atoms with Gasteiger partial charge in [0.1, 0.15) is 11.7 Å². The molecule has 2 N–H and O–H groups in total. The summed E-state index contributed by atoms with van der Waals surface area (Å²) in [5, 5.41) is 0. The van der Waals surface area contributed by atoms with Crippen molar-refractivity contribution in [2.45, 2.75) is 19.3 Å². The smallest absolute Gasteiger partial charge is 0.315 e. The van der Waals surface area contributed by atoms with Gasteiger partial charge in [-0.1, -0.05) is 30.3 Å². The number of hydrogen-bond donors (Lipinski definition) is 1. The number of ether oxygens (including phenoxy) is 2. The average molecular weight is 300 g/mol. The van der Waals surface area contributed by atoms with Crippen molar-refractivity contribution in [2.75, 3.05) is 19.5 Å². The van der Waals surface area contributed by atoms with Crippen molar-refractivity contribution in [3.8, 4) is 5.75 Å². The third kappa shape index (κ3) is 3.75. The summed E-state index contributed by atoms with van der Waals surface area (Å²) >= 11 is 0. The highest BCUT2D eigenvalue weighted by Gasteiger charge is 2.24. The second kappa shape index (κ2) is 7.45. The topological polar surface area (TPSA) is 74.4 Å². The molecule has 5 heteroatoms. The standard InChI is InChI=1S/C17H20N2O3/c1-3-22-17(20)13(9-12-7-5-4-6-8-12)15-10-16(21-2)14(18)11-19-15/h4-8,10-11,13H,3,9,18H2,1-2H3. The molecule has 2 aromatic rings. The van der Waals surface area contributed by atoms with Crippen LogP contribution in [0.5, 0.6) is 5.75 Å². The summed E-state index contributed by atoms with van der Waals surface area (Å²) in [5.41, 5.74) is 7.85. The van der Waals surface area contributed by atoms with Gasteiger partial charge in [-0.2, -0.15) is 0 Å². The molecular formula is C17H20N2O3. The van der Waals surface area contributed by atoms with E-state index in [2.05, 4.69) is 4.98 Å². The highest BCUT2D eigenvalue weighted by Crippen LogP contribution is 2.27. The van der Waals surface area contributed by atoms with Crippen LogP contribution in [0.15, 0.2) is 42.6 Å². The summed E-state index contributed by atoms with van der Waals surface area (Å²) in [6.45, 7) is 2.12. The Balaban J connectivity index is 2.33. The molecule has 0 amide bonds. The number of carbonyl (C=O) groups is 1. The molecule has 22 heavy (non-hydrogen) atoms. The number of esters is 1. The molecule has 1 atom stereocenters. The molecule has 0 spiro atoms. The maximum absolute atomic E-state index is 12.3. The van der Waals surface area contributed by atoms with Gasteiger partial charge in [-0.3, -0.25) is 9.78 Å². The number of nitrogen functional groups attached to an aromatic ring is 1. The molecule has 0 fully saturated rings. The number of benzene rings is 1. The van der Waals surface area contributed by atoms with E-state index in [0.29, 0.717) is 30.2 Å². The first-order valence-electron chi connectivity index (χ1n) is 7.15. The van der Waals surface area contributed by atoms with Crippen LogP contribution < -0.4 is 10.5 Å². The number of hydrogen-bond acceptors (Lipinski definition) is 5. The minimum atomic E-state index is -0.489. The zero-order valence-corrected chi connectivity index (χ0v) is 12.8. The van der Waals surface area contributed by atoms with Gasteiger partial charge < -0.3 is 15.2 Å². The average Bonchev–Trinajstić information content (AvgIpc) is 2.54. The molecule has 1 unspecified atom stereocenters. The number of pyridine rings is 1. The van der Waals surface area contributed by atoms with Gasteiger partial charge in [0.15, 0.2) is 0 Å². The Bertz CT molecular complexity index is 629. The van der Waals surface area contributed by atoms with Gasteiger partial charge in [0.05, 0.1) is 31.3 Å². The molecule has 1 aromatic heterocycles. The fourth-order valence-electron chi connectivity index (χ4n) is 2.23. The van der Waals surface area contributed by atoms with E-state index in [4.69, 9.17) is 15.2 Å². The molecule has 0 saturated heterocycles. The molecule has 5 nitrogen and oxygen atoms in total. The first-order valence-corrected chi connectivity index (χ1v) is 7.15. The van der Waals surface area contributed by atoms with E-state index in [-0.39, 0.29) is 5.97 Å². The van der Waals surface area contributed by atoms with Crippen LogP contribution in [0.4, 0.5) is 5.69 Å². The van der Waals surface area contributed by atoms with Gasteiger partial charge in [0, 0.05) is 6.07 Å². The van der Waals surface area contributed by atoms with Crippen LogP contribution in [0, 0.1) is 0 Å². The Morgan fingerprint density at radius 3 is 2.68 bits per heavy atom. The van der Waals surface area contributed by atoms with Crippen molar-refractivity contribution in [3.05, 3.63) is 53.9 Å². The van der Waals surface area contributed by atoms with Gasteiger partial charge in [0.25, 0.3) is 0 Å². The molecule has 0 bridgehead atoms. The first-order chi connectivity index (χ1) is 10.7. The van der Waals surface area contributed by atoms with E-state index < -0.39 is 5.92 Å². The van der Waals surface area contributed by atoms with Crippen molar-refractivity contribution < 1.29 is 14.3 Å². The van der Waals surface area contributed by atoms with Crippen LogP contribution in [0.25, 0.3) is 0 Å². The lowest BCUT2D eigenvalue weighted by molar-refractivity contribution is -0.145. The Labute approximate surface area is 130 Å². The lowest BCUT2D eigenvalue weighted by Crippen LogP contribution is -2.19. The lowest BCUT2D eigenvalue weighted by atomic mass is 9.95. The maximum Gasteiger partial charge on any atom is 0.315 e. The molecule has 0 radical (unpaired) electrons. The summed E-state index contributed by atoms with van der Waals surface area (Å²) < 4.78 is 10.4. The number of nitrogens with two attached hydrogens (primary N) is 1. The van der Waals surface area contributed by atoms with Gasteiger partial charge >= 0.3 is 5.97 Å². The minimum absolute atomic E-state index is 0.300. The van der Waals surface area contributed by atoms with Crippen LogP contribution in [-0.4, -0.2) is 24.7 Å². The SMILES string of the molecule is CCOC(=O)C(Cc1ccccc1)c1cc(OC)c(N)cn1. The number of anilines is 1.